The quantitative estimate of drug-likeness (QED) is 0.686. The molecule has 0 heterocycles. The van der Waals surface area contributed by atoms with Crippen LogP contribution in [-0.4, -0.2) is 36.1 Å². The Bertz CT molecular complexity index is 113. The minimum Gasteiger partial charge on any atom is -0.395 e. The van der Waals surface area contributed by atoms with Gasteiger partial charge in [-0.25, -0.2) is 0 Å². The van der Waals surface area contributed by atoms with Crippen molar-refractivity contribution in [1.82, 2.24) is 4.90 Å². The zero-order valence-electron chi connectivity index (χ0n) is 9.50. The number of amides is 1. The van der Waals surface area contributed by atoms with Gasteiger partial charge in [-0.3, -0.25) is 4.79 Å². The van der Waals surface area contributed by atoms with Crippen molar-refractivity contribution < 1.29 is 9.90 Å². The lowest BCUT2D eigenvalue weighted by Gasteiger charge is -2.11. The van der Waals surface area contributed by atoms with Crippen molar-refractivity contribution in [2.45, 2.75) is 27.7 Å². The molecule has 0 saturated heterocycles. The van der Waals surface area contributed by atoms with Crippen molar-refractivity contribution in [1.29, 1.82) is 0 Å². The third kappa shape index (κ3) is 14.1. The second-order valence-corrected chi connectivity index (χ2v) is 1.69. The predicted molar refractivity (Wildman–Crippen MR) is 57.6 cm³/mol. The molecule has 0 unspecified atom stereocenters. The molecule has 0 aliphatic heterocycles. The summed E-state index contributed by atoms with van der Waals surface area (Å²) in [6, 6.07) is 0. The van der Waals surface area contributed by atoms with Crippen LogP contribution in [0.3, 0.4) is 0 Å². The summed E-state index contributed by atoms with van der Waals surface area (Å²) < 4.78 is 0. The van der Waals surface area contributed by atoms with Gasteiger partial charge in [-0.1, -0.05) is 34.3 Å². The Hall–Kier alpha value is -0.830. The number of carbonyl (C=O) groups excluding carboxylic acids is 1. The molecule has 3 nitrogen and oxygen atoms in total. The number of nitrogens with zero attached hydrogens (tertiary/aromatic N) is 1. The van der Waals surface area contributed by atoms with Crippen LogP contribution < -0.4 is 0 Å². The Kier molecular flexibility index (Phi) is 24.0. The predicted octanol–water partition coefficient (Wildman–Crippen LogP) is 1.68. The van der Waals surface area contributed by atoms with E-state index in [0.717, 1.165) is 0 Å². The SMILES string of the molecule is C=CC(=O)N(C)CCO.CC.CC. The van der Waals surface area contributed by atoms with Crippen molar-refractivity contribution >= 4 is 5.91 Å². The number of hydrogen-bond donors (Lipinski definition) is 1. The second-order valence-electron chi connectivity index (χ2n) is 1.69. The monoisotopic (exact) mass is 189 g/mol. The molecule has 0 rings (SSSR count). The number of carbonyl (C=O) groups is 1. The molecule has 0 aromatic heterocycles. The summed E-state index contributed by atoms with van der Waals surface area (Å²) in [5.74, 6) is -0.163. The van der Waals surface area contributed by atoms with E-state index in [1.54, 1.807) is 7.05 Å². The minimum absolute atomic E-state index is 0.00389. The van der Waals surface area contributed by atoms with Crippen LogP contribution in [0.15, 0.2) is 12.7 Å². The first-order valence-corrected chi connectivity index (χ1v) is 4.70. The zero-order valence-corrected chi connectivity index (χ0v) is 9.50. The summed E-state index contributed by atoms with van der Waals surface area (Å²) in [6.07, 6.45) is 1.22. The summed E-state index contributed by atoms with van der Waals surface area (Å²) >= 11 is 0. The van der Waals surface area contributed by atoms with Crippen molar-refractivity contribution in [2.75, 3.05) is 20.2 Å². The van der Waals surface area contributed by atoms with Gasteiger partial charge < -0.3 is 10.0 Å². The minimum atomic E-state index is -0.163. The number of rotatable bonds is 3. The van der Waals surface area contributed by atoms with Crippen LogP contribution in [0.4, 0.5) is 0 Å². The van der Waals surface area contributed by atoms with E-state index in [0.29, 0.717) is 6.54 Å². The molecule has 13 heavy (non-hydrogen) atoms. The molecule has 1 N–H and O–H groups in total. The van der Waals surface area contributed by atoms with Crippen molar-refractivity contribution in [3.8, 4) is 0 Å². The van der Waals surface area contributed by atoms with Crippen LogP contribution in [0.25, 0.3) is 0 Å². The van der Waals surface area contributed by atoms with E-state index >= 15 is 0 Å². The highest BCUT2D eigenvalue weighted by molar-refractivity contribution is 5.86. The Morgan fingerprint density at radius 2 is 1.77 bits per heavy atom. The van der Waals surface area contributed by atoms with E-state index in [9.17, 15) is 4.79 Å². The zero-order chi connectivity index (χ0) is 11.3. The first-order chi connectivity index (χ1) is 6.22. The number of aliphatic hydroxyl groups excluding tert-OH is 1. The molecule has 0 aromatic rings. The van der Waals surface area contributed by atoms with E-state index in [1.165, 1.54) is 11.0 Å². The number of aliphatic hydroxyl groups is 1. The van der Waals surface area contributed by atoms with Crippen LogP contribution in [0.1, 0.15) is 27.7 Å². The molecule has 0 atom stereocenters. The van der Waals surface area contributed by atoms with E-state index in [4.69, 9.17) is 5.11 Å². The van der Waals surface area contributed by atoms with Gasteiger partial charge in [-0.15, -0.1) is 0 Å². The summed E-state index contributed by atoms with van der Waals surface area (Å²) in [5.41, 5.74) is 0. The first kappa shape index (κ1) is 18.1. The molecule has 3 heteroatoms. The molecule has 0 spiro atoms. The van der Waals surface area contributed by atoms with Crippen LogP contribution in [0.2, 0.25) is 0 Å². The molecule has 0 fully saturated rings. The normalized spacial score (nSPS) is 6.92. The van der Waals surface area contributed by atoms with Gasteiger partial charge in [0.1, 0.15) is 0 Å². The van der Waals surface area contributed by atoms with Gasteiger partial charge in [0.05, 0.1) is 6.61 Å². The molecule has 0 aromatic carbocycles. The van der Waals surface area contributed by atoms with E-state index in [2.05, 4.69) is 6.58 Å². The highest BCUT2D eigenvalue weighted by Gasteiger charge is 1.99. The van der Waals surface area contributed by atoms with Gasteiger partial charge in [0.15, 0.2) is 0 Å². The summed E-state index contributed by atoms with van der Waals surface area (Å²) in [7, 11) is 1.61. The summed E-state index contributed by atoms with van der Waals surface area (Å²) in [4.78, 5) is 12.0. The molecule has 0 saturated carbocycles. The average molecular weight is 189 g/mol. The highest BCUT2D eigenvalue weighted by atomic mass is 16.3. The first-order valence-electron chi connectivity index (χ1n) is 4.70. The number of hydrogen-bond acceptors (Lipinski definition) is 2. The van der Waals surface area contributed by atoms with Gasteiger partial charge in [0.25, 0.3) is 0 Å². The second kappa shape index (κ2) is 17.3. The van der Waals surface area contributed by atoms with E-state index < -0.39 is 0 Å². The molecule has 0 aliphatic rings. The van der Waals surface area contributed by atoms with Crippen molar-refractivity contribution in [2.24, 2.45) is 0 Å². The summed E-state index contributed by atoms with van der Waals surface area (Å²) in [5, 5.41) is 8.35. The van der Waals surface area contributed by atoms with Crippen LogP contribution in [0.5, 0.6) is 0 Å². The lowest BCUT2D eigenvalue weighted by atomic mass is 10.5. The Morgan fingerprint density at radius 3 is 2.00 bits per heavy atom. The van der Waals surface area contributed by atoms with Crippen molar-refractivity contribution in [3.05, 3.63) is 12.7 Å². The fourth-order valence-corrected chi connectivity index (χ4v) is 0.416. The van der Waals surface area contributed by atoms with E-state index in [1.807, 2.05) is 27.7 Å². The lowest BCUT2D eigenvalue weighted by molar-refractivity contribution is -0.125. The number of likely N-dealkylation sites (N-methyl/N-ethyl adjacent to an activating group) is 1. The Labute approximate surface area is 82.1 Å². The highest BCUT2D eigenvalue weighted by Crippen LogP contribution is 1.82. The topological polar surface area (TPSA) is 40.5 Å². The van der Waals surface area contributed by atoms with Crippen LogP contribution in [-0.2, 0) is 4.79 Å². The smallest absolute Gasteiger partial charge is 0.245 e. The molecular weight excluding hydrogens is 166 g/mol. The average Bonchev–Trinajstić information content (AvgIpc) is 2.23. The molecule has 1 amide bonds. The summed E-state index contributed by atoms with van der Waals surface area (Å²) in [6.45, 7) is 11.7. The molecule has 80 valence electrons. The Balaban J connectivity index is -0.000000218. The lowest BCUT2D eigenvalue weighted by Crippen LogP contribution is -2.27. The standard InChI is InChI=1S/C6H11NO2.2C2H6/c1-3-6(9)7(2)4-5-8;2*1-2/h3,8H,1,4-5H2,2H3;2*1-2H3. The molecular formula is C10H23NO2. The van der Waals surface area contributed by atoms with Crippen LogP contribution in [0, 0.1) is 0 Å². The van der Waals surface area contributed by atoms with E-state index in [-0.39, 0.29) is 12.5 Å². The van der Waals surface area contributed by atoms with Crippen LogP contribution >= 0.6 is 0 Å². The fraction of sp³-hybridized carbons (Fsp3) is 0.700. The third-order valence-corrected chi connectivity index (χ3v) is 0.986. The third-order valence-electron chi connectivity index (χ3n) is 0.986. The largest absolute Gasteiger partial charge is 0.395 e. The van der Waals surface area contributed by atoms with Gasteiger partial charge in [-0.2, -0.15) is 0 Å². The maximum atomic E-state index is 10.6. The maximum Gasteiger partial charge on any atom is 0.245 e. The van der Waals surface area contributed by atoms with Crippen molar-refractivity contribution in [3.63, 3.8) is 0 Å². The fourth-order valence-electron chi connectivity index (χ4n) is 0.416. The van der Waals surface area contributed by atoms with Gasteiger partial charge in [0.2, 0.25) is 5.91 Å². The molecule has 0 radical (unpaired) electrons. The van der Waals surface area contributed by atoms with Gasteiger partial charge >= 0.3 is 0 Å². The Morgan fingerprint density at radius 1 is 1.38 bits per heavy atom. The maximum absolute atomic E-state index is 10.6. The molecule has 0 bridgehead atoms. The molecule has 0 aliphatic carbocycles. The van der Waals surface area contributed by atoms with Gasteiger partial charge in [-0.05, 0) is 6.08 Å². The van der Waals surface area contributed by atoms with Gasteiger partial charge in [0, 0.05) is 13.6 Å².